The third kappa shape index (κ3) is 2.01. The van der Waals surface area contributed by atoms with E-state index in [-0.39, 0.29) is 11.8 Å². The summed E-state index contributed by atoms with van der Waals surface area (Å²) < 4.78 is 11.2. The van der Waals surface area contributed by atoms with Gasteiger partial charge in [-0.3, -0.25) is 4.79 Å². The van der Waals surface area contributed by atoms with Crippen LogP contribution in [-0.4, -0.2) is 30.6 Å². The van der Waals surface area contributed by atoms with Crippen molar-refractivity contribution in [2.24, 2.45) is 0 Å². The van der Waals surface area contributed by atoms with Crippen molar-refractivity contribution >= 4 is 11.6 Å². The average molecular weight is 296 g/mol. The zero-order valence-electron chi connectivity index (χ0n) is 12.3. The van der Waals surface area contributed by atoms with Gasteiger partial charge in [0.1, 0.15) is 30.6 Å². The molecule has 0 spiro atoms. The van der Waals surface area contributed by atoms with E-state index in [1.165, 1.54) is 0 Å². The number of benzene rings is 1. The maximum absolute atomic E-state index is 13.0. The molecular formula is C17H16N2O3. The highest BCUT2D eigenvalue weighted by Gasteiger charge is 2.36. The molecule has 1 aromatic carbocycles. The van der Waals surface area contributed by atoms with Crippen LogP contribution < -0.4 is 14.4 Å². The van der Waals surface area contributed by atoms with Crippen LogP contribution in [0.3, 0.4) is 0 Å². The topological polar surface area (TPSA) is 51.7 Å². The summed E-state index contributed by atoms with van der Waals surface area (Å²) in [6, 6.07) is 11.5. The number of amides is 1. The number of aromatic nitrogens is 1. The minimum atomic E-state index is -0.261. The quantitative estimate of drug-likeness (QED) is 0.810. The Hall–Kier alpha value is -2.56. The lowest BCUT2D eigenvalue weighted by atomic mass is 9.99. The van der Waals surface area contributed by atoms with Crippen LogP contribution in [-0.2, 0) is 4.79 Å². The number of carbonyl (C=O) groups excluding carboxylic acids is 1. The Balaban J connectivity index is 1.68. The zero-order valence-corrected chi connectivity index (χ0v) is 12.3. The second-order valence-corrected chi connectivity index (χ2v) is 5.52. The van der Waals surface area contributed by atoms with Gasteiger partial charge in [0.25, 0.3) is 0 Å². The molecule has 2 aliphatic rings. The molecule has 3 heterocycles. The molecule has 1 atom stereocenters. The fourth-order valence-electron chi connectivity index (χ4n) is 2.98. The minimum absolute atomic E-state index is 0.0418. The van der Waals surface area contributed by atoms with Gasteiger partial charge in [-0.15, -0.1) is 0 Å². The van der Waals surface area contributed by atoms with Gasteiger partial charge in [0.15, 0.2) is 0 Å². The standard InChI is InChI=1S/C17H16N2O3/c1-11-6-7-14-16(18-11)21-9-8-19(14)17(20)13-10-22-15-5-3-2-4-12(13)15/h2-7,13H,8-10H2,1H3/t13-/m0/s1. The second-order valence-electron chi connectivity index (χ2n) is 5.52. The van der Waals surface area contributed by atoms with Gasteiger partial charge >= 0.3 is 0 Å². The molecule has 5 heteroatoms. The zero-order chi connectivity index (χ0) is 15.1. The lowest BCUT2D eigenvalue weighted by molar-refractivity contribution is -0.120. The molecule has 22 heavy (non-hydrogen) atoms. The molecular weight excluding hydrogens is 280 g/mol. The Bertz CT molecular complexity index is 744. The predicted octanol–water partition coefficient (Wildman–Crippen LogP) is 2.29. The van der Waals surface area contributed by atoms with Crippen LogP contribution in [0.1, 0.15) is 17.2 Å². The lowest BCUT2D eigenvalue weighted by Crippen LogP contribution is -2.41. The first kappa shape index (κ1) is 13.1. The highest BCUT2D eigenvalue weighted by molar-refractivity contribution is 6.00. The summed E-state index contributed by atoms with van der Waals surface area (Å²) >= 11 is 0. The molecule has 0 saturated carbocycles. The fraction of sp³-hybridized carbons (Fsp3) is 0.294. The number of anilines is 1. The van der Waals surface area contributed by atoms with E-state index in [0.717, 1.165) is 22.7 Å². The molecule has 0 N–H and O–H groups in total. The van der Waals surface area contributed by atoms with Crippen LogP contribution in [0.4, 0.5) is 5.69 Å². The van der Waals surface area contributed by atoms with Crippen LogP contribution in [0, 0.1) is 6.92 Å². The van der Waals surface area contributed by atoms with Crippen LogP contribution in [0.2, 0.25) is 0 Å². The van der Waals surface area contributed by atoms with Crippen molar-refractivity contribution in [3.05, 3.63) is 47.7 Å². The number of hydrogen-bond donors (Lipinski definition) is 0. The first-order chi connectivity index (χ1) is 10.7. The number of aryl methyl sites for hydroxylation is 1. The van der Waals surface area contributed by atoms with E-state index in [1.54, 1.807) is 4.90 Å². The smallest absolute Gasteiger partial charge is 0.238 e. The Morgan fingerprint density at radius 3 is 3.00 bits per heavy atom. The van der Waals surface area contributed by atoms with Gasteiger partial charge in [-0.1, -0.05) is 18.2 Å². The lowest BCUT2D eigenvalue weighted by Gasteiger charge is -2.30. The molecule has 2 aromatic rings. The van der Waals surface area contributed by atoms with Crippen molar-refractivity contribution in [2.45, 2.75) is 12.8 Å². The summed E-state index contributed by atoms with van der Waals surface area (Å²) in [5.74, 6) is 1.12. The highest BCUT2D eigenvalue weighted by atomic mass is 16.5. The van der Waals surface area contributed by atoms with E-state index in [2.05, 4.69) is 4.98 Å². The Labute approximate surface area is 128 Å². The summed E-state index contributed by atoms with van der Waals surface area (Å²) in [5, 5.41) is 0. The monoisotopic (exact) mass is 296 g/mol. The van der Waals surface area contributed by atoms with Gasteiger partial charge in [-0.2, -0.15) is 0 Å². The molecule has 0 unspecified atom stereocenters. The first-order valence-electron chi connectivity index (χ1n) is 7.37. The normalized spacial score (nSPS) is 19.0. The summed E-state index contributed by atoms with van der Waals surface area (Å²) in [6.45, 7) is 3.30. The molecule has 1 aromatic heterocycles. The van der Waals surface area contributed by atoms with Gasteiger partial charge in [-0.25, -0.2) is 4.98 Å². The Morgan fingerprint density at radius 2 is 2.09 bits per heavy atom. The van der Waals surface area contributed by atoms with Crippen molar-refractivity contribution in [1.29, 1.82) is 0 Å². The molecule has 0 saturated heterocycles. The predicted molar refractivity (Wildman–Crippen MR) is 81.5 cm³/mol. The number of ether oxygens (including phenoxy) is 2. The summed E-state index contributed by atoms with van der Waals surface area (Å²) in [5.41, 5.74) is 2.58. The number of fused-ring (bicyclic) bond motifs is 2. The van der Waals surface area contributed by atoms with Gasteiger partial charge in [0, 0.05) is 11.3 Å². The number of para-hydroxylation sites is 1. The molecule has 1 amide bonds. The van der Waals surface area contributed by atoms with Gasteiger partial charge in [0.2, 0.25) is 11.8 Å². The summed E-state index contributed by atoms with van der Waals surface area (Å²) in [6.07, 6.45) is 0. The molecule has 5 nitrogen and oxygen atoms in total. The minimum Gasteiger partial charge on any atom is -0.492 e. The highest BCUT2D eigenvalue weighted by Crippen LogP contribution is 2.37. The van der Waals surface area contributed by atoms with Gasteiger partial charge < -0.3 is 14.4 Å². The van der Waals surface area contributed by atoms with Crippen molar-refractivity contribution < 1.29 is 14.3 Å². The Morgan fingerprint density at radius 1 is 1.23 bits per heavy atom. The number of hydrogen-bond acceptors (Lipinski definition) is 4. The number of pyridine rings is 1. The fourth-order valence-corrected chi connectivity index (χ4v) is 2.98. The molecule has 112 valence electrons. The number of carbonyl (C=O) groups is 1. The van der Waals surface area contributed by atoms with Gasteiger partial charge in [0.05, 0.1) is 6.54 Å². The van der Waals surface area contributed by atoms with E-state index in [4.69, 9.17) is 9.47 Å². The number of rotatable bonds is 1. The summed E-state index contributed by atoms with van der Waals surface area (Å²) in [4.78, 5) is 19.1. The second kappa shape index (κ2) is 5.02. The van der Waals surface area contributed by atoms with Gasteiger partial charge in [-0.05, 0) is 25.1 Å². The van der Waals surface area contributed by atoms with E-state index < -0.39 is 0 Å². The van der Waals surface area contributed by atoms with Crippen molar-refractivity contribution in [1.82, 2.24) is 4.98 Å². The van der Waals surface area contributed by atoms with E-state index >= 15 is 0 Å². The Kier molecular flexibility index (Phi) is 2.99. The molecule has 4 rings (SSSR count). The van der Waals surface area contributed by atoms with Crippen LogP contribution >= 0.6 is 0 Å². The van der Waals surface area contributed by atoms with Crippen molar-refractivity contribution in [3.8, 4) is 11.6 Å². The maximum atomic E-state index is 13.0. The average Bonchev–Trinajstić information content (AvgIpc) is 2.97. The third-order valence-corrected chi connectivity index (χ3v) is 4.09. The molecule has 0 fully saturated rings. The van der Waals surface area contributed by atoms with E-state index in [9.17, 15) is 4.79 Å². The number of nitrogens with zero attached hydrogens (tertiary/aromatic N) is 2. The SMILES string of the molecule is Cc1ccc2c(n1)OCCN2C(=O)[C@H]1COc2ccccc21. The van der Waals surface area contributed by atoms with Crippen LogP contribution in [0.25, 0.3) is 0 Å². The maximum Gasteiger partial charge on any atom is 0.238 e. The molecule has 0 radical (unpaired) electrons. The first-order valence-corrected chi connectivity index (χ1v) is 7.37. The third-order valence-electron chi connectivity index (χ3n) is 4.09. The molecule has 0 bridgehead atoms. The summed E-state index contributed by atoms with van der Waals surface area (Å²) in [7, 11) is 0. The van der Waals surface area contributed by atoms with Crippen molar-refractivity contribution in [2.75, 3.05) is 24.7 Å². The largest absolute Gasteiger partial charge is 0.492 e. The van der Waals surface area contributed by atoms with E-state index in [0.29, 0.717) is 25.6 Å². The molecule has 2 aliphatic heterocycles. The molecule has 0 aliphatic carbocycles. The van der Waals surface area contributed by atoms with Crippen LogP contribution in [0.15, 0.2) is 36.4 Å². The van der Waals surface area contributed by atoms with E-state index in [1.807, 2.05) is 43.3 Å². The van der Waals surface area contributed by atoms with Crippen LogP contribution in [0.5, 0.6) is 11.6 Å². The van der Waals surface area contributed by atoms with Crippen molar-refractivity contribution in [3.63, 3.8) is 0 Å².